The Bertz CT molecular complexity index is 522. The van der Waals surface area contributed by atoms with Gasteiger partial charge in [-0.3, -0.25) is 14.5 Å². The number of likely N-dealkylation sites (tertiary alicyclic amines) is 1. The first-order valence-corrected chi connectivity index (χ1v) is 8.03. The molecule has 1 N–H and O–H groups in total. The van der Waals surface area contributed by atoms with Crippen molar-refractivity contribution in [2.45, 2.75) is 57.7 Å². The van der Waals surface area contributed by atoms with Crippen molar-refractivity contribution in [3.63, 3.8) is 0 Å². The highest BCUT2D eigenvalue weighted by Gasteiger charge is 2.42. The topological polar surface area (TPSA) is 62.3 Å². The molecule has 1 unspecified atom stereocenters. The molecule has 5 nitrogen and oxygen atoms in total. The predicted molar refractivity (Wildman–Crippen MR) is 76.2 cm³/mol. The lowest BCUT2D eigenvalue weighted by Gasteiger charge is -2.22. The van der Waals surface area contributed by atoms with Crippen molar-refractivity contribution in [1.82, 2.24) is 15.2 Å². The second-order valence-electron chi connectivity index (χ2n) is 5.54. The van der Waals surface area contributed by atoms with E-state index in [1.807, 2.05) is 6.92 Å². The minimum Gasteiger partial charge on any atom is -0.300 e. The number of aromatic nitrogens is 1. The van der Waals surface area contributed by atoms with E-state index in [9.17, 15) is 9.59 Å². The van der Waals surface area contributed by atoms with Crippen LogP contribution in [0.4, 0.5) is 0 Å². The predicted octanol–water partition coefficient (Wildman–Crippen LogP) is 1.61. The summed E-state index contributed by atoms with van der Waals surface area (Å²) in [5, 5.41) is 3.22. The lowest BCUT2D eigenvalue weighted by molar-refractivity contribution is -0.141. The van der Waals surface area contributed by atoms with Gasteiger partial charge in [0.2, 0.25) is 11.8 Å². The van der Waals surface area contributed by atoms with E-state index in [0.717, 1.165) is 36.3 Å². The molecular weight excluding hydrogens is 274 g/mol. The number of carbonyl (C=O) groups is 2. The van der Waals surface area contributed by atoms with Crippen LogP contribution in [0, 0.1) is 6.92 Å². The molecule has 0 bridgehead atoms. The van der Waals surface area contributed by atoms with Gasteiger partial charge in [0.25, 0.3) is 0 Å². The Morgan fingerprint density at radius 2 is 2.15 bits per heavy atom. The minimum absolute atomic E-state index is 0.0135. The van der Waals surface area contributed by atoms with Gasteiger partial charge in [-0.25, -0.2) is 4.98 Å². The number of nitrogens with zero attached hydrogens (tertiary/aromatic N) is 2. The molecule has 1 aromatic heterocycles. The summed E-state index contributed by atoms with van der Waals surface area (Å²) < 4.78 is 0. The number of rotatable bonds is 4. The van der Waals surface area contributed by atoms with Gasteiger partial charge >= 0.3 is 0 Å². The third-order valence-electron chi connectivity index (χ3n) is 4.23. The number of nitrogens with one attached hydrogen (secondary N) is 1. The summed E-state index contributed by atoms with van der Waals surface area (Å²) in [6.45, 7) is 2.57. The van der Waals surface area contributed by atoms with Crippen molar-refractivity contribution in [2.75, 3.05) is 0 Å². The van der Waals surface area contributed by atoms with E-state index < -0.39 is 0 Å². The van der Waals surface area contributed by atoms with Crippen LogP contribution in [0.2, 0.25) is 0 Å². The molecule has 20 heavy (non-hydrogen) atoms. The maximum Gasteiger partial charge on any atom is 0.247 e. The molecular formula is C14H19N3O2S. The van der Waals surface area contributed by atoms with Gasteiger partial charge in [-0.1, -0.05) is 12.8 Å². The number of aryl methyl sites for hydroxylation is 1. The minimum atomic E-state index is -0.357. The Morgan fingerprint density at radius 1 is 1.40 bits per heavy atom. The second kappa shape index (κ2) is 5.61. The monoisotopic (exact) mass is 293 g/mol. The first kappa shape index (κ1) is 13.7. The normalized spacial score (nSPS) is 24.1. The summed E-state index contributed by atoms with van der Waals surface area (Å²) in [6, 6.07) is -0.212. The molecule has 1 aromatic rings. The molecule has 6 heteroatoms. The van der Waals surface area contributed by atoms with Crippen LogP contribution >= 0.6 is 11.3 Å². The van der Waals surface area contributed by atoms with Gasteiger partial charge in [-0.15, -0.1) is 11.3 Å². The molecule has 2 heterocycles. The zero-order chi connectivity index (χ0) is 14.1. The number of hydrogen-bond donors (Lipinski definition) is 1. The second-order valence-corrected chi connectivity index (χ2v) is 6.48. The summed E-state index contributed by atoms with van der Waals surface area (Å²) >= 11 is 1.58. The van der Waals surface area contributed by atoms with E-state index in [1.165, 1.54) is 4.90 Å². The van der Waals surface area contributed by atoms with Crippen LogP contribution in [-0.4, -0.2) is 33.8 Å². The van der Waals surface area contributed by atoms with E-state index >= 15 is 0 Å². The molecule has 2 aliphatic rings. The average Bonchev–Trinajstić information content (AvgIpc) is 3.10. The molecule has 2 amide bonds. The summed E-state index contributed by atoms with van der Waals surface area (Å²) in [5.74, 6) is -0.0514. The highest BCUT2D eigenvalue weighted by Crippen LogP contribution is 2.28. The van der Waals surface area contributed by atoms with Gasteiger partial charge in [0, 0.05) is 17.5 Å². The highest BCUT2D eigenvalue weighted by atomic mass is 32.1. The Kier molecular flexibility index (Phi) is 3.85. The van der Waals surface area contributed by atoms with Crippen LogP contribution in [0.5, 0.6) is 0 Å². The Hall–Kier alpha value is -1.27. The number of amides is 2. The Labute approximate surface area is 122 Å². The van der Waals surface area contributed by atoms with Crippen molar-refractivity contribution in [3.05, 3.63) is 16.1 Å². The maximum atomic E-state index is 12.4. The molecule has 1 aliphatic carbocycles. The fraction of sp³-hybridized carbons (Fsp3) is 0.643. The number of hydrogen-bond acceptors (Lipinski definition) is 5. The molecule has 108 valence electrons. The van der Waals surface area contributed by atoms with Crippen LogP contribution < -0.4 is 5.32 Å². The van der Waals surface area contributed by atoms with E-state index in [1.54, 1.807) is 16.8 Å². The lowest BCUT2D eigenvalue weighted by atomic mass is 10.2. The van der Waals surface area contributed by atoms with Crippen LogP contribution in [0.25, 0.3) is 0 Å². The van der Waals surface area contributed by atoms with Crippen molar-refractivity contribution >= 4 is 23.2 Å². The van der Waals surface area contributed by atoms with Crippen LogP contribution in [-0.2, 0) is 16.1 Å². The molecule has 0 spiro atoms. The van der Waals surface area contributed by atoms with Gasteiger partial charge in [-0.2, -0.15) is 0 Å². The third kappa shape index (κ3) is 2.50. The first-order valence-electron chi connectivity index (χ1n) is 7.15. The summed E-state index contributed by atoms with van der Waals surface area (Å²) in [4.78, 5) is 31.3. The lowest BCUT2D eigenvalue weighted by Crippen LogP contribution is -2.42. The SMILES string of the molecule is Cc1ncsc1CNC1CC(=O)N(C2CCCC2)C1=O. The first-order chi connectivity index (χ1) is 9.66. The molecule has 3 rings (SSSR count). The fourth-order valence-corrected chi connectivity index (χ4v) is 3.80. The number of thiazole rings is 1. The summed E-state index contributed by atoms with van der Waals surface area (Å²) in [6.07, 6.45) is 4.49. The zero-order valence-corrected chi connectivity index (χ0v) is 12.4. The van der Waals surface area contributed by atoms with Crippen LogP contribution in [0.3, 0.4) is 0 Å². The smallest absolute Gasteiger partial charge is 0.247 e. The number of imide groups is 1. The van der Waals surface area contributed by atoms with Crippen LogP contribution in [0.1, 0.15) is 42.7 Å². The van der Waals surface area contributed by atoms with Gasteiger partial charge in [0.15, 0.2) is 0 Å². The van der Waals surface area contributed by atoms with Crippen LogP contribution in [0.15, 0.2) is 5.51 Å². The van der Waals surface area contributed by atoms with E-state index in [4.69, 9.17) is 0 Å². The van der Waals surface area contributed by atoms with Crippen molar-refractivity contribution < 1.29 is 9.59 Å². The molecule has 0 aromatic carbocycles. The van der Waals surface area contributed by atoms with E-state index in [2.05, 4.69) is 10.3 Å². The largest absolute Gasteiger partial charge is 0.300 e. The van der Waals surface area contributed by atoms with Crippen molar-refractivity contribution in [3.8, 4) is 0 Å². The number of carbonyl (C=O) groups excluding carboxylic acids is 2. The molecule has 2 fully saturated rings. The standard InChI is InChI=1S/C14H19N3O2S/c1-9-12(20-8-16-9)7-15-11-6-13(18)17(14(11)19)10-4-2-3-5-10/h8,10-11,15H,2-7H2,1H3. The Balaban J connectivity index is 1.62. The molecule has 1 atom stereocenters. The summed E-state index contributed by atoms with van der Waals surface area (Å²) in [5.41, 5.74) is 2.80. The maximum absolute atomic E-state index is 12.4. The van der Waals surface area contributed by atoms with Gasteiger partial charge in [-0.05, 0) is 19.8 Å². The Morgan fingerprint density at radius 3 is 2.80 bits per heavy atom. The quantitative estimate of drug-likeness (QED) is 0.857. The zero-order valence-electron chi connectivity index (χ0n) is 11.6. The average molecular weight is 293 g/mol. The molecule has 0 radical (unpaired) electrons. The third-order valence-corrected chi connectivity index (χ3v) is 5.16. The van der Waals surface area contributed by atoms with Gasteiger partial charge in [0.1, 0.15) is 0 Å². The van der Waals surface area contributed by atoms with E-state index in [-0.39, 0.29) is 23.9 Å². The summed E-state index contributed by atoms with van der Waals surface area (Å²) in [7, 11) is 0. The fourth-order valence-electron chi connectivity index (χ4n) is 3.07. The van der Waals surface area contributed by atoms with Crippen molar-refractivity contribution in [1.29, 1.82) is 0 Å². The highest BCUT2D eigenvalue weighted by molar-refractivity contribution is 7.09. The molecule has 1 aliphatic heterocycles. The molecule has 1 saturated heterocycles. The van der Waals surface area contributed by atoms with Gasteiger partial charge < -0.3 is 5.32 Å². The molecule has 1 saturated carbocycles. The van der Waals surface area contributed by atoms with Crippen molar-refractivity contribution in [2.24, 2.45) is 0 Å². The van der Waals surface area contributed by atoms with E-state index in [0.29, 0.717) is 13.0 Å². The van der Waals surface area contributed by atoms with Gasteiger partial charge in [0.05, 0.1) is 23.7 Å².